The molecule has 0 aromatic rings. The van der Waals surface area contributed by atoms with Gasteiger partial charge in [0.1, 0.15) is 5.76 Å². The Labute approximate surface area is 87.9 Å². The summed E-state index contributed by atoms with van der Waals surface area (Å²) in [6.45, 7) is 3.72. The molecule has 0 amide bonds. The lowest BCUT2D eigenvalue weighted by atomic mass is 10.2. The van der Waals surface area contributed by atoms with Crippen LogP contribution in [0.15, 0.2) is 21.9 Å². The van der Waals surface area contributed by atoms with Crippen LogP contribution in [0.2, 0.25) is 0 Å². The summed E-state index contributed by atoms with van der Waals surface area (Å²) in [5.41, 5.74) is 0.656. The van der Waals surface area contributed by atoms with E-state index in [1.54, 1.807) is 6.08 Å². The maximum atomic E-state index is 11.2. The van der Waals surface area contributed by atoms with Crippen LogP contribution in [0.4, 0.5) is 0 Å². The zero-order valence-corrected chi connectivity index (χ0v) is 9.90. The Morgan fingerprint density at radius 3 is 2.50 bits per heavy atom. The Morgan fingerprint density at radius 2 is 2.25 bits per heavy atom. The average Bonchev–Trinajstić information content (AvgIpc) is 2.30. The summed E-state index contributed by atoms with van der Waals surface area (Å²) in [5.74, 6) is 0.328. The number of halogens is 2. The fourth-order valence-electron chi connectivity index (χ4n) is 0.835. The molecule has 66 valence electrons. The molecular formula is C8H8Br2O2. The zero-order valence-electron chi connectivity index (χ0n) is 6.73. The second-order valence-corrected chi connectivity index (χ2v) is 5.07. The van der Waals surface area contributed by atoms with Crippen molar-refractivity contribution in [2.45, 2.75) is 18.7 Å². The molecule has 1 atom stereocenters. The van der Waals surface area contributed by atoms with Crippen molar-refractivity contribution in [1.29, 1.82) is 0 Å². The normalized spacial score (nSPS) is 23.3. The second kappa shape index (κ2) is 3.75. The van der Waals surface area contributed by atoms with Crippen molar-refractivity contribution in [2.24, 2.45) is 0 Å². The van der Waals surface area contributed by atoms with Gasteiger partial charge in [-0.05, 0) is 19.9 Å². The van der Waals surface area contributed by atoms with Gasteiger partial charge < -0.3 is 4.74 Å². The fourth-order valence-corrected chi connectivity index (χ4v) is 1.35. The summed E-state index contributed by atoms with van der Waals surface area (Å²) in [6.07, 6.45) is 1.74. The highest BCUT2D eigenvalue weighted by Crippen LogP contribution is 2.27. The highest BCUT2D eigenvalue weighted by Gasteiger charge is 2.25. The van der Waals surface area contributed by atoms with E-state index >= 15 is 0 Å². The van der Waals surface area contributed by atoms with Gasteiger partial charge in [-0.3, -0.25) is 0 Å². The summed E-state index contributed by atoms with van der Waals surface area (Å²) >= 11 is 6.56. The molecule has 4 heteroatoms. The second-order valence-electron chi connectivity index (χ2n) is 2.50. The Balaban J connectivity index is 2.97. The van der Waals surface area contributed by atoms with Crippen LogP contribution in [0.5, 0.6) is 0 Å². The molecule has 1 aliphatic rings. The van der Waals surface area contributed by atoms with E-state index in [-0.39, 0.29) is 10.8 Å². The molecule has 0 saturated carbocycles. The smallest absolute Gasteiger partial charge is 0.340 e. The minimum absolute atomic E-state index is 0.0364. The minimum Gasteiger partial charge on any atom is -0.422 e. The average molecular weight is 296 g/mol. The lowest BCUT2D eigenvalue weighted by Gasteiger charge is -1.98. The van der Waals surface area contributed by atoms with Gasteiger partial charge in [-0.15, -0.1) is 0 Å². The van der Waals surface area contributed by atoms with E-state index in [2.05, 4.69) is 31.9 Å². The third-order valence-corrected chi connectivity index (χ3v) is 2.38. The Morgan fingerprint density at radius 1 is 1.67 bits per heavy atom. The van der Waals surface area contributed by atoms with Crippen LogP contribution < -0.4 is 0 Å². The summed E-state index contributed by atoms with van der Waals surface area (Å²) in [6, 6.07) is 0. The molecule has 1 unspecified atom stereocenters. The highest BCUT2D eigenvalue weighted by molar-refractivity contribution is 9.11. The van der Waals surface area contributed by atoms with Crippen LogP contribution in [-0.2, 0) is 9.53 Å². The first-order valence-corrected chi connectivity index (χ1v) is 5.17. The van der Waals surface area contributed by atoms with Crippen molar-refractivity contribution in [1.82, 2.24) is 0 Å². The topological polar surface area (TPSA) is 26.3 Å². The van der Waals surface area contributed by atoms with E-state index in [0.29, 0.717) is 11.3 Å². The molecular weight excluding hydrogens is 288 g/mol. The highest BCUT2D eigenvalue weighted by atomic mass is 79.9. The number of alkyl halides is 1. The predicted molar refractivity (Wildman–Crippen MR) is 54.2 cm³/mol. The lowest BCUT2D eigenvalue weighted by molar-refractivity contribution is -0.133. The van der Waals surface area contributed by atoms with Gasteiger partial charge in [-0.2, -0.15) is 0 Å². The predicted octanol–water partition coefficient (Wildman–Crippen LogP) is 2.88. The van der Waals surface area contributed by atoms with Crippen LogP contribution in [0, 0.1) is 0 Å². The largest absolute Gasteiger partial charge is 0.422 e. The van der Waals surface area contributed by atoms with E-state index in [9.17, 15) is 4.79 Å². The molecule has 0 radical (unpaired) electrons. The quantitative estimate of drug-likeness (QED) is 0.549. The number of allylic oxidation sites excluding steroid dienone is 2. The molecule has 2 nitrogen and oxygen atoms in total. The van der Waals surface area contributed by atoms with Crippen molar-refractivity contribution < 1.29 is 9.53 Å². The van der Waals surface area contributed by atoms with E-state index < -0.39 is 0 Å². The lowest BCUT2D eigenvalue weighted by Crippen LogP contribution is -2.06. The first kappa shape index (κ1) is 9.99. The van der Waals surface area contributed by atoms with E-state index in [1.165, 1.54) is 0 Å². The van der Waals surface area contributed by atoms with Crippen LogP contribution in [0.3, 0.4) is 0 Å². The molecule has 0 saturated heterocycles. The van der Waals surface area contributed by atoms with Crippen LogP contribution in [0.1, 0.15) is 13.8 Å². The number of carbonyl (C=O) groups is 1. The fraction of sp³-hybridized carbons (Fsp3) is 0.375. The molecule has 0 fully saturated rings. The standard InChI is InChI=1S/C8H8Br2O2/c1-4(9)6-3-7(5(2)10)12-8(6)11/h3-4H,1-2H3/b7-5-. The van der Waals surface area contributed by atoms with Crippen molar-refractivity contribution >= 4 is 37.8 Å². The first-order chi connectivity index (χ1) is 5.52. The van der Waals surface area contributed by atoms with E-state index in [0.717, 1.165) is 4.48 Å². The molecule has 0 aromatic carbocycles. The first-order valence-electron chi connectivity index (χ1n) is 3.46. The molecule has 12 heavy (non-hydrogen) atoms. The van der Waals surface area contributed by atoms with Gasteiger partial charge in [0.2, 0.25) is 0 Å². The third kappa shape index (κ3) is 1.98. The molecule has 0 bridgehead atoms. The van der Waals surface area contributed by atoms with Gasteiger partial charge in [0, 0.05) is 9.31 Å². The molecule has 1 aliphatic heterocycles. The van der Waals surface area contributed by atoms with Crippen molar-refractivity contribution in [3.63, 3.8) is 0 Å². The Hall–Kier alpha value is -0.0900. The molecule has 0 spiro atoms. The van der Waals surface area contributed by atoms with Gasteiger partial charge in [-0.25, -0.2) is 4.79 Å². The number of cyclic esters (lactones) is 1. The maximum absolute atomic E-state index is 11.2. The molecule has 1 rings (SSSR count). The monoisotopic (exact) mass is 294 g/mol. The van der Waals surface area contributed by atoms with E-state index in [4.69, 9.17) is 4.74 Å². The Bertz CT molecular complexity index is 273. The van der Waals surface area contributed by atoms with Crippen molar-refractivity contribution in [3.8, 4) is 0 Å². The molecule has 1 heterocycles. The Kier molecular flexibility index (Phi) is 3.12. The van der Waals surface area contributed by atoms with Gasteiger partial charge in [0.15, 0.2) is 0 Å². The zero-order chi connectivity index (χ0) is 9.30. The third-order valence-electron chi connectivity index (χ3n) is 1.49. The van der Waals surface area contributed by atoms with Crippen molar-refractivity contribution in [2.75, 3.05) is 0 Å². The van der Waals surface area contributed by atoms with Crippen LogP contribution in [0.25, 0.3) is 0 Å². The molecule has 0 N–H and O–H groups in total. The SMILES string of the molecule is C/C(Br)=C1\C=C(C(C)Br)C(=O)O1. The molecule has 0 aromatic heterocycles. The van der Waals surface area contributed by atoms with Gasteiger partial charge in [0.05, 0.1) is 5.57 Å². The summed E-state index contributed by atoms with van der Waals surface area (Å²) in [7, 11) is 0. The van der Waals surface area contributed by atoms with Gasteiger partial charge in [0.25, 0.3) is 0 Å². The molecule has 0 aliphatic carbocycles. The van der Waals surface area contributed by atoms with Gasteiger partial charge in [-0.1, -0.05) is 31.9 Å². The summed E-state index contributed by atoms with van der Waals surface area (Å²) < 4.78 is 5.80. The summed E-state index contributed by atoms with van der Waals surface area (Å²) in [5, 5.41) is 0. The summed E-state index contributed by atoms with van der Waals surface area (Å²) in [4.78, 5) is 11.2. The minimum atomic E-state index is -0.270. The number of hydrogen-bond acceptors (Lipinski definition) is 2. The van der Waals surface area contributed by atoms with Gasteiger partial charge >= 0.3 is 5.97 Å². The number of carbonyl (C=O) groups excluding carboxylic acids is 1. The number of ether oxygens (including phenoxy) is 1. The van der Waals surface area contributed by atoms with E-state index in [1.807, 2.05) is 13.8 Å². The van der Waals surface area contributed by atoms with Crippen LogP contribution >= 0.6 is 31.9 Å². The van der Waals surface area contributed by atoms with Crippen LogP contribution in [-0.4, -0.2) is 10.8 Å². The van der Waals surface area contributed by atoms with Crippen molar-refractivity contribution in [3.05, 3.63) is 21.9 Å². The number of esters is 1. The number of rotatable bonds is 1. The maximum Gasteiger partial charge on any atom is 0.340 e. The number of hydrogen-bond donors (Lipinski definition) is 0.